The summed E-state index contributed by atoms with van der Waals surface area (Å²) < 4.78 is 76.1. The van der Waals surface area contributed by atoms with Gasteiger partial charge in [0.05, 0.1) is 11.1 Å². The Labute approximate surface area is 123 Å². The first-order valence-electron chi connectivity index (χ1n) is 6.66. The van der Waals surface area contributed by atoms with Crippen molar-refractivity contribution in [1.29, 1.82) is 0 Å². The fourth-order valence-corrected chi connectivity index (χ4v) is 2.16. The van der Waals surface area contributed by atoms with Crippen molar-refractivity contribution in [1.82, 2.24) is 5.32 Å². The third-order valence-corrected chi connectivity index (χ3v) is 3.77. The van der Waals surface area contributed by atoms with Crippen molar-refractivity contribution in [2.75, 3.05) is 13.2 Å². The molecule has 2 N–H and O–H groups in total. The van der Waals surface area contributed by atoms with E-state index in [2.05, 4.69) is 5.32 Å². The van der Waals surface area contributed by atoms with Gasteiger partial charge < -0.3 is 10.4 Å². The summed E-state index contributed by atoms with van der Waals surface area (Å²) in [7, 11) is 0. The van der Waals surface area contributed by atoms with Crippen molar-refractivity contribution in [3.05, 3.63) is 34.9 Å². The van der Waals surface area contributed by atoms with Crippen molar-refractivity contribution in [3.63, 3.8) is 0 Å². The number of alkyl halides is 6. The highest BCUT2D eigenvalue weighted by Gasteiger charge is 2.41. The number of benzene rings is 1. The minimum Gasteiger partial charge on any atom is -0.396 e. The third-order valence-electron chi connectivity index (χ3n) is 3.77. The predicted molar refractivity (Wildman–Crippen MR) is 66.9 cm³/mol. The van der Waals surface area contributed by atoms with Crippen molar-refractivity contribution in [3.8, 4) is 0 Å². The molecule has 8 heteroatoms. The zero-order chi connectivity index (χ0) is 16.6. The molecule has 1 saturated carbocycles. The Kier molecular flexibility index (Phi) is 4.45. The molecule has 2 nitrogen and oxygen atoms in total. The Morgan fingerprint density at radius 2 is 1.45 bits per heavy atom. The van der Waals surface area contributed by atoms with E-state index in [-0.39, 0.29) is 30.2 Å². The topological polar surface area (TPSA) is 32.3 Å². The summed E-state index contributed by atoms with van der Waals surface area (Å²) in [5.41, 5.74) is -2.99. The van der Waals surface area contributed by atoms with Crippen LogP contribution in [0.5, 0.6) is 0 Å². The van der Waals surface area contributed by atoms with Crippen LogP contribution >= 0.6 is 0 Å². The van der Waals surface area contributed by atoms with Gasteiger partial charge in [-0.05, 0) is 36.6 Å². The molecule has 0 radical (unpaired) electrons. The van der Waals surface area contributed by atoms with Gasteiger partial charge in [-0.3, -0.25) is 0 Å². The lowest BCUT2D eigenvalue weighted by Gasteiger charge is -2.16. The Morgan fingerprint density at radius 1 is 0.955 bits per heavy atom. The highest BCUT2D eigenvalue weighted by Crippen LogP contribution is 2.44. The van der Waals surface area contributed by atoms with Gasteiger partial charge in [-0.15, -0.1) is 0 Å². The van der Waals surface area contributed by atoms with E-state index in [1.165, 1.54) is 0 Å². The molecule has 0 atom stereocenters. The average molecular weight is 327 g/mol. The first-order valence-corrected chi connectivity index (χ1v) is 6.66. The van der Waals surface area contributed by atoms with Gasteiger partial charge in [-0.25, -0.2) is 0 Å². The van der Waals surface area contributed by atoms with Crippen molar-refractivity contribution >= 4 is 0 Å². The standard InChI is InChI=1S/C14H15F6NO/c15-13(16,17)10-3-9(4-11(5-10)14(18,19)20)6-21-7-12(8-22)1-2-12/h3-5,21-22H,1-2,6-8H2. The number of aliphatic hydroxyl groups excluding tert-OH is 1. The van der Waals surface area contributed by atoms with Crippen LogP contribution in [0.1, 0.15) is 29.5 Å². The number of halogens is 6. The first-order chi connectivity index (χ1) is 10.1. The maximum atomic E-state index is 12.7. The lowest BCUT2D eigenvalue weighted by Crippen LogP contribution is -2.26. The van der Waals surface area contributed by atoms with Crippen LogP contribution in [0.2, 0.25) is 0 Å². The fraction of sp³-hybridized carbons (Fsp3) is 0.571. The molecule has 0 saturated heterocycles. The molecule has 1 aromatic carbocycles. The molecule has 22 heavy (non-hydrogen) atoms. The van der Waals surface area contributed by atoms with E-state index < -0.39 is 23.5 Å². The lowest BCUT2D eigenvalue weighted by molar-refractivity contribution is -0.143. The zero-order valence-electron chi connectivity index (χ0n) is 11.5. The number of aliphatic hydroxyl groups is 1. The molecule has 0 unspecified atom stereocenters. The van der Waals surface area contributed by atoms with Crippen LogP contribution in [0.25, 0.3) is 0 Å². The van der Waals surface area contributed by atoms with E-state index in [1.54, 1.807) is 0 Å². The van der Waals surface area contributed by atoms with E-state index >= 15 is 0 Å². The SMILES string of the molecule is OCC1(CNCc2cc(C(F)(F)F)cc(C(F)(F)F)c2)CC1. The monoisotopic (exact) mass is 327 g/mol. The number of nitrogens with one attached hydrogen (secondary N) is 1. The maximum absolute atomic E-state index is 12.7. The van der Waals surface area contributed by atoms with Gasteiger partial charge in [0, 0.05) is 25.1 Å². The molecule has 0 amide bonds. The molecule has 0 aliphatic heterocycles. The highest BCUT2D eigenvalue weighted by atomic mass is 19.4. The summed E-state index contributed by atoms with van der Waals surface area (Å²) >= 11 is 0. The van der Waals surface area contributed by atoms with Crippen LogP contribution in [-0.4, -0.2) is 18.3 Å². The summed E-state index contributed by atoms with van der Waals surface area (Å²) in [6.07, 6.45) is -8.07. The van der Waals surface area contributed by atoms with Crippen LogP contribution in [0.15, 0.2) is 18.2 Å². The predicted octanol–water partition coefficient (Wildman–Crippen LogP) is 3.59. The molecule has 1 aliphatic carbocycles. The van der Waals surface area contributed by atoms with Gasteiger partial charge >= 0.3 is 12.4 Å². The average Bonchev–Trinajstić information content (AvgIpc) is 3.17. The summed E-state index contributed by atoms with van der Waals surface area (Å²) in [5.74, 6) is 0. The third kappa shape index (κ3) is 4.13. The highest BCUT2D eigenvalue weighted by molar-refractivity contribution is 5.33. The molecule has 1 fully saturated rings. The smallest absolute Gasteiger partial charge is 0.396 e. The minimum absolute atomic E-state index is 0.0452. The fourth-order valence-electron chi connectivity index (χ4n) is 2.16. The second kappa shape index (κ2) is 5.73. The second-order valence-corrected chi connectivity index (χ2v) is 5.68. The molecule has 0 spiro atoms. The van der Waals surface area contributed by atoms with Crippen molar-refractivity contribution in [2.45, 2.75) is 31.7 Å². The van der Waals surface area contributed by atoms with Gasteiger partial charge in [0.2, 0.25) is 0 Å². The number of hydrogen-bond donors (Lipinski definition) is 2. The zero-order valence-corrected chi connectivity index (χ0v) is 11.5. The van der Waals surface area contributed by atoms with Gasteiger partial charge in [0.25, 0.3) is 0 Å². The number of hydrogen-bond acceptors (Lipinski definition) is 2. The van der Waals surface area contributed by atoms with Gasteiger partial charge in [-0.1, -0.05) is 0 Å². The molecule has 1 aromatic rings. The van der Waals surface area contributed by atoms with E-state index in [1.807, 2.05) is 0 Å². The molecule has 124 valence electrons. The Hall–Kier alpha value is -1.28. The quantitative estimate of drug-likeness (QED) is 0.810. The van der Waals surface area contributed by atoms with E-state index in [0.29, 0.717) is 18.7 Å². The van der Waals surface area contributed by atoms with Gasteiger partial charge in [0.15, 0.2) is 0 Å². The summed E-state index contributed by atoms with van der Waals surface area (Å²) in [5, 5.41) is 11.9. The molecule has 0 heterocycles. The Balaban J connectivity index is 2.15. The molecular weight excluding hydrogens is 312 g/mol. The second-order valence-electron chi connectivity index (χ2n) is 5.68. The van der Waals surface area contributed by atoms with Gasteiger partial charge in [0.1, 0.15) is 0 Å². The van der Waals surface area contributed by atoms with Crippen molar-refractivity contribution in [2.24, 2.45) is 5.41 Å². The minimum atomic E-state index is -4.83. The maximum Gasteiger partial charge on any atom is 0.416 e. The van der Waals surface area contributed by atoms with Crippen LogP contribution < -0.4 is 5.32 Å². The van der Waals surface area contributed by atoms with Crippen LogP contribution in [0.4, 0.5) is 26.3 Å². The summed E-state index contributed by atoms with van der Waals surface area (Å²) in [4.78, 5) is 0. The first kappa shape index (κ1) is 17.1. The van der Waals surface area contributed by atoms with E-state index in [9.17, 15) is 26.3 Å². The normalized spacial score (nSPS) is 17.6. The lowest BCUT2D eigenvalue weighted by atomic mass is 10.0. The molecule has 0 aromatic heterocycles. The molecule has 0 bridgehead atoms. The molecular formula is C14H15F6NO. The van der Waals surface area contributed by atoms with Crippen LogP contribution in [0.3, 0.4) is 0 Å². The number of rotatable bonds is 5. The molecule has 1 aliphatic rings. The molecule has 2 rings (SSSR count). The Morgan fingerprint density at radius 3 is 1.82 bits per heavy atom. The van der Waals surface area contributed by atoms with Crippen molar-refractivity contribution < 1.29 is 31.4 Å². The van der Waals surface area contributed by atoms with Gasteiger partial charge in [-0.2, -0.15) is 26.3 Å². The Bertz CT molecular complexity index is 501. The largest absolute Gasteiger partial charge is 0.416 e. The van der Waals surface area contributed by atoms with Crippen LogP contribution in [0, 0.1) is 5.41 Å². The van der Waals surface area contributed by atoms with E-state index in [4.69, 9.17) is 5.11 Å². The summed E-state index contributed by atoms with van der Waals surface area (Å²) in [6, 6.07) is 1.53. The summed E-state index contributed by atoms with van der Waals surface area (Å²) in [6.45, 7) is 0.201. The van der Waals surface area contributed by atoms with E-state index in [0.717, 1.165) is 12.8 Å². The van der Waals surface area contributed by atoms with Crippen LogP contribution in [-0.2, 0) is 18.9 Å².